The van der Waals surface area contributed by atoms with E-state index in [1.807, 2.05) is 0 Å². The Hall–Kier alpha value is -3.26. The second-order valence-corrected chi connectivity index (χ2v) is 32.9. The van der Waals surface area contributed by atoms with Gasteiger partial charge in [0.15, 0.2) is 43.7 Å². The minimum absolute atomic E-state index is 0.00700. The number of allylic oxidation sites excluding steroid dienone is 2. The fourth-order valence-corrected chi connectivity index (χ4v) is 19.8. The highest BCUT2D eigenvalue weighted by Crippen LogP contribution is 2.76. The third-order valence-corrected chi connectivity index (χ3v) is 26.1. The second kappa shape index (κ2) is 31.8. The van der Waals surface area contributed by atoms with E-state index in [-0.39, 0.29) is 38.0 Å². The Morgan fingerprint density at radius 3 is 1.93 bits per heavy atom. The topological polar surface area (TPSA) is 541 Å². The lowest BCUT2D eigenvalue weighted by Gasteiger charge is -2.71. The summed E-state index contributed by atoms with van der Waals surface area (Å²) in [4.78, 5) is 56.8. The summed E-state index contributed by atoms with van der Waals surface area (Å²) in [6.07, 6.45) is -40.6. The van der Waals surface area contributed by atoms with E-state index in [2.05, 4.69) is 46.0 Å². The van der Waals surface area contributed by atoms with Crippen molar-refractivity contribution < 1.29 is 158 Å². The molecular formula is C70H112N2O32. The smallest absolute Gasteiger partial charge is 0.335 e. The molecule has 4 saturated carbocycles. The number of unbranched alkanes of at least 4 members (excludes halogenated alkanes) is 2. The van der Waals surface area contributed by atoms with Crippen molar-refractivity contribution in [1.29, 1.82) is 0 Å². The quantitative estimate of drug-likeness (QED) is 0.0161. The molecule has 5 aliphatic carbocycles. The molecule has 0 radical (unpaired) electrons. The van der Waals surface area contributed by atoms with Crippen molar-refractivity contribution in [3.05, 3.63) is 11.6 Å². The van der Waals surface area contributed by atoms with Crippen LogP contribution >= 0.6 is 0 Å². The molecule has 0 bridgehead atoms. The van der Waals surface area contributed by atoms with E-state index in [4.69, 9.17) is 62.6 Å². The molecule has 11 aliphatic rings. The lowest BCUT2D eigenvalue weighted by Crippen LogP contribution is -2.70. The zero-order valence-corrected chi connectivity index (χ0v) is 59.8. The fourth-order valence-electron chi connectivity index (χ4n) is 19.8. The fraction of sp³-hybridized carbons (Fsp3) is 0.914. The van der Waals surface area contributed by atoms with E-state index in [0.29, 0.717) is 64.3 Å². The van der Waals surface area contributed by atoms with Crippen molar-refractivity contribution in [2.75, 3.05) is 33.0 Å². The van der Waals surface area contributed by atoms with Crippen LogP contribution in [0.2, 0.25) is 0 Å². The molecule has 6 saturated heterocycles. The predicted molar refractivity (Wildman–Crippen MR) is 349 cm³/mol. The third kappa shape index (κ3) is 14.8. The van der Waals surface area contributed by atoms with Gasteiger partial charge in [0, 0.05) is 12.8 Å². The summed E-state index contributed by atoms with van der Waals surface area (Å²) >= 11 is 0. The number of amides is 1. The Kier molecular flexibility index (Phi) is 25.0. The van der Waals surface area contributed by atoms with Crippen molar-refractivity contribution in [2.45, 2.75) is 316 Å². The number of carbonyl (C=O) groups is 4. The molecular weight excluding hydrogens is 1380 g/mol. The van der Waals surface area contributed by atoms with Gasteiger partial charge in [-0.2, -0.15) is 0 Å². The monoisotopic (exact) mass is 1490 g/mol. The van der Waals surface area contributed by atoms with Gasteiger partial charge in [-0.15, -0.1) is 0 Å². The van der Waals surface area contributed by atoms with E-state index >= 15 is 4.79 Å². The van der Waals surface area contributed by atoms with Gasteiger partial charge in [0.1, 0.15) is 109 Å². The summed E-state index contributed by atoms with van der Waals surface area (Å²) in [5.41, 5.74) is 0.872. The van der Waals surface area contributed by atoms with Crippen molar-refractivity contribution >= 4 is 24.1 Å². The number of carboxylic acid groups (broad SMARTS) is 1. The third-order valence-electron chi connectivity index (χ3n) is 26.1. The van der Waals surface area contributed by atoms with Crippen molar-refractivity contribution in [3.63, 3.8) is 0 Å². The Morgan fingerprint density at radius 1 is 0.606 bits per heavy atom. The minimum atomic E-state index is -2.10. The van der Waals surface area contributed by atoms with Crippen LogP contribution in [0.1, 0.15) is 138 Å². The van der Waals surface area contributed by atoms with Crippen LogP contribution in [0.25, 0.3) is 0 Å². The molecule has 0 aromatic heterocycles. The molecule has 34 heteroatoms. The molecule has 19 N–H and O–H groups in total. The molecule has 594 valence electrons. The van der Waals surface area contributed by atoms with Crippen LogP contribution in [0.15, 0.2) is 11.6 Å². The maximum Gasteiger partial charge on any atom is 0.335 e. The molecule has 10 fully saturated rings. The van der Waals surface area contributed by atoms with Gasteiger partial charge in [0.05, 0.1) is 62.3 Å². The molecule has 37 atom stereocenters. The van der Waals surface area contributed by atoms with Gasteiger partial charge in [0.25, 0.3) is 0 Å². The van der Waals surface area contributed by atoms with Crippen LogP contribution in [0, 0.1) is 50.2 Å². The zero-order valence-electron chi connectivity index (χ0n) is 59.8. The first kappa shape index (κ1) is 81.7. The van der Waals surface area contributed by atoms with E-state index in [1.54, 1.807) is 6.92 Å². The first-order valence-corrected chi connectivity index (χ1v) is 36.8. The summed E-state index contributed by atoms with van der Waals surface area (Å²) in [5.74, 6) is -4.53. The molecule has 6 heterocycles. The molecule has 18 unspecified atom stereocenters. The summed E-state index contributed by atoms with van der Waals surface area (Å²) < 4.78 is 73.2. The highest BCUT2D eigenvalue weighted by molar-refractivity contribution is 5.80. The number of fused-ring (bicyclic) bond motifs is 7. The van der Waals surface area contributed by atoms with E-state index in [1.165, 1.54) is 6.92 Å². The Labute approximate surface area is 602 Å². The maximum atomic E-state index is 16.0. The number of aliphatic hydroxyl groups excluding tert-OH is 15. The number of hydrogen-bond donors (Lipinski definition) is 18. The van der Waals surface area contributed by atoms with Gasteiger partial charge < -0.3 is 154 Å². The number of rotatable bonds is 22. The number of carboxylic acids is 1. The van der Waals surface area contributed by atoms with Gasteiger partial charge in [-0.3, -0.25) is 9.59 Å². The SMILES string of the molecule is C[C@H]1O[C@@H](OC2C(O)C(NC(=O)CCCCCN)[C@H](CO)O[C@H]2OC(=O)C23CCC(C)(C)CC2C2=CCC4C5(C)CC[C@H](OC6OC(C(=O)O)[C@H](O)[C@H](OC7C[C@@H](O)[C@H](O)CO7)[C@@H]6O[C@@H]6OC(CO)C(O)[C@@H](O)[C@@H]6O)[C@](C)(C=O)[C@@H]5CC[C@]4(C)[C@]2(C)C[C@@H]3O)C(O)C(O)C1O[C@@H]1OCC(O)C(O)C1O. The lowest BCUT2D eigenvalue weighted by molar-refractivity contribution is -0.387. The Bertz CT molecular complexity index is 3010. The molecule has 11 rings (SSSR count). The van der Waals surface area contributed by atoms with Crippen molar-refractivity contribution in [2.24, 2.45) is 56.0 Å². The van der Waals surface area contributed by atoms with Crippen molar-refractivity contribution in [1.82, 2.24) is 5.32 Å². The van der Waals surface area contributed by atoms with Crippen LogP contribution in [-0.2, 0) is 76.0 Å². The molecule has 104 heavy (non-hydrogen) atoms. The average molecular weight is 1490 g/mol. The number of aliphatic carboxylic acids is 1. The first-order valence-electron chi connectivity index (χ1n) is 36.8. The van der Waals surface area contributed by atoms with Gasteiger partial charge in [-0.1, -0.05) is 59.6 Å². The van der Waals surface area contributed by atoms with Crippen LogP contribution in [-0.4, -0.2) is 317 Å². The minimum Gasteiger partial charge on any atom is -0.479 e. The van der Waals surface area contributed by atoms with Gasteiger partial charge in [-0.25, -0.2) is 4.79 Å². The maximum absolute atomic E-state index is 16.0. The van der Waals surface area contributed by atoms with E-state index in [9.17, 15) is 96.1 Å². The molecule has 34 nitrogen and oxygen atoms in total. The number of esters is 1. The average Bonchev–Trinajstić information content (AvgIpc) is 0.670. The second-order valence-electron chi connectivity index (χ2n) is 32.9. The Morgan fingerprint density at radius 2 is 1.26 bits per heavy atom. The lowest BCUT2D eigenvalue weighted by atomic mass is 9.33. The molecule has 1 amide bonds. The molecule has 0 aromatic rings. The normalized spacial score (nSPS) is 50.9. The molecule has 0 spiro atoms. The number of aldehydes is 1. The van der Waals surface area contributed by atoms with E-state index in [0.717, 1.165) is 11.9 Å². The predicted octanol–water partition coefficient (Wildman–Crippen LogP) is -4.17. The molecule has 6 aliphatic heterocycles. The van der Waals surface area contributed by atoms with E-state index < -0.39 is 267 Å². The number of hydrogen-bond acceptors (Lipinski definition) is 32. The van der Waals surface area contributed by atoms with Crippen LogP contribution in [0.4, 0.5) is 0 Å². The summed E-state index contributed by atoms with van der Waals surface area (Å²) in [6.45, 7) is 11.6. The largest absolute Gasteiger partial charge is 0.479 e. The van der Waals surface area contributed by atoms with Crippen LogP contribution in [0.3, 0.4) is 0 Å². The van der Waals surface area contributed by atoms with Crippen LogP contribution in [0.5, 0.6) is 0 Å². The standard InChI is InChI=1S/C70H112N2O32/c1-29-53(100-59-49(86)44(81)34(78)27-94-59)48(85)51(88)60(95-29)102-56-46(83)43(72-41(80)11-9-8-10-20-71)35(24-73)96-62(56)104-64(92)70-19-18-65(2,3)22-31(70)30-12-13-38-66(4)16-15-40(67(5,28-75)37(66)14-17-68(38,6)69(30,7)23-39(70)79)98-63-57(103-61-50(87)47(84)45(82)36(25-74)97-61)54(52(89)55(101-63)58(90)91)99-42-21-32(76)33(77)26-93-42/h12,28-29,31-40,42-57,59-63,73-74,76-79,81-89H,8-11,13-27,71H2,1-7H3,(H,72,80)(H,90,91)/t29-,31?,32-,33-,34?,35+,36?,37-,38?,39+,40+,42?,43?,44?,45?,46?,47-,48?,49?,50+,51?,52-,53?,54+,55?,56?,57+,59+,60+,61+,62+,63?,66?,67-,68+,69-,70?/m1/s1. The zero-order chi connectivity index (χ0) is 75.8. The number of carbonyl (C=O) groups excluding carboxylic acids is 3. The number of aliphatic hydroxyl groups is 15. The number of nitrogens with one attached hydrogen (secondary N) is 1. The van der Waals surface area contributed by atoms with Gasteiger partial charge >= 0.3 is 11.9 Å². The Balaban J connectivity index is 0.872. The van der Waals surface area contributed by atoms with Crippen molar-refractivity contribution in [3.8, 4) is 0 Å². The summed E-state index contributed by atoms with van der Waals surface area (Å²) in [5, 5.41) is 180. The van der Waals surface area contributed by atoms with Crippen LogP contribution < -0.4 is 11.1 Å². The molecule has 0 aromatic carbocycles. The number of nitrogens with two attached hydrogens (primary N) is 1. The first-order chi connectivity index (χ1) is 49.0. The highest BCUT2D eigenvalue weighted by atomic mass is 16.8. The summed E-state index contributed by atoms with van der Waals surface area (Å²) in [7, 11) is 0. The van der Waals surface area contributed by atoms with Gasteiger partial charge in [0.2, 0.25) is 12.2 Å². The summed E-state index contributed by atoms with van der Waals surface area (Å²) in [6, 6.07) is -1.43. The highest BCUT2D eigenvalue weighted by Gasteiger charge is 2.73. The van der Waals surface area contributed by atoms with Gasteiger partial charge in [-0.05, 0) is 124 Å². The number of ether oxygens (including phenoxy) is 12.